The zero-order valence-electron chi connectivity index (χ0n) is 7.26. The second-order valence-corrected chi connectivity index (χ2v) is 3.26. The van der Waals surface area contributed by atoms with Crippen LogP contribution in [0.4, 0.5) is 4.39 Å². The summed E-state index contributed by atoms with van der Waals surface area (Å²) < 4.78 is 12.8. The van der Waals surface area contributed by atoms with Crippen LogP contribution in [0.5, 0.6) is 0 Å². The number of hydrogen-bond donors (Lipinski definition) is 0. The predicted molar refractivity (Wildman–Crippen MR) is 54.9 cm³/mol. The molecular formula is C10H7BrFNO. The molecule has 0 N–H and O–H groups in total. The second-order valence-electron chi connectivity index (χ2n) is 2.46. The van der Waals surface area contributed by atoms with Gasteiger partial charge in [-0.1, -0.05) is 27.8 Å². The number of rotatable bonds is 2. The second kappa shape index (κ2) is 5.51. The van der Waals surface area contributed by atoms with E-state index >= 15 is 0 Å². The first kappa shape index (κ1) is 10.9. The van der Waals surface area contributed by atoms with Gasteiger partial charge in [0, 0.05) is 23.5 Å². The van der Waals surface area contributed by atoms with E-state index < -0.39 is 5.95 Å². The molecule has 0 unspecified atom stereocenters. The predicted octanol–water partition coefficient (Wildman–Crippen LogP) is 2.17. The highest BCUT2D eigenvalue weighted by Gasteiger charge is 2.01. The van der Waals surface area contributed by atoms with Crippen LogP contribution in [0.2, 0.25) is 0 Å². The topological polar surface area (TPSA) is 30.0 Å². The molecule has 0 aliphatic carbocycles. The Morgan fingerprint density at radius 1 is 1.64 bits per heavy atom. The van der Waals surface area contributed by atoms with E-state index in [0.717, 1.165) is 5.33 Å². The van der Waals surface area contributed by atoms with Crippen LogP contribution in [0.15, 0.2) is 12.3 Å². The van der Waals surface area contributed by atoms with Crippen LogP contribution in [0.1, 0.15) is 22.3 Å². The third-order valence-electron chi connectivity index (χ3n) is 1.45. The molecule has 2 nitrogen and oxygen atoms in total. The minimum absolute atomic E-state index is 0.0596. The van der Waals surface area contributed by atoms with Gasteiger partial charge in [0.15, 0.2) is 6.29 Å². The number of hydrogen-bond acceptors (Lipinski definition) is 2. The molecular weight excluding hydrogens is 249 g/mol. The van der Waals surface area contributed by atoms with Gasteiger partial charge in [-0.05, 0) is 6.07 Å². The molecule has 0 amide bonds. The van der Waals surface area contributed by atoms with Crippen molar-refractivity contribution in [2.75, 3.05) is 5.33 Å². The molecule has 0 bridgehead atoms. The summed E-state index contributed by atoms with van der Waals surface area (Å²) in [5.74, 6) is 4.87. The summed E-state index contributed by atoms with van der Waals surface area (Å²) in [5.41, 5.74) is 0.491. The molecule has 0 fully saturated rings. The Hall–Kier alpha value is -1.21. The van der Waals surface area contributed by atoms with E-state index in [4.69, 9.17) is 0 Å². The maximum atomic E-state index is 12.8. The zero-order valence-corrected chi connectivity index (χ0v) is 8.84. The summed E-state index contributed by atoms with van der Waals surface area (Å²) in [4.78, 5) is 13.8. The summed E-state index contributed by atoms with van der Waals surface area (Å²) in [7, 11) is 0. The molecule has 1 aromatic heterocycles. The minimum Gasteiger partial charge on any atom is -0.298 e. The molecule has 14 heavy (non-hydrogen) atoms. The largest absolute Gasteiger partial charge is 0.298 e. The van der Waals surface area contributed by atoms with Crippen LogP contribution in [-0.4, -0.2) is 16.6 Å². The fourth-order valence-corrected chi connectivity index (χ4v) is 1.03. The van der Waals surface area contributed by atoms with Gasteiger partial charge in [0.25, 0.3) is 0 Å². The first-order valence-electron chi connectivity index (χ1n) is 3.93. The zero-order chi connectivity index (χ0) is 10.4. The first-order valence-corrected chi connectivity index (χ1v) is 5.05. The van der Waals surface area contributed by atoms with Gasteiger partial charge >= 0.3 is 0 Å². The SMILES string of the molecule is O=Cc1cc(C#CCCBr)cnc1F. The summed E-state index contributed by atoms with van der Waals surface area (Å²) in [6.45, 7) is 0. The van der Waals surface area contributed by atoms with Crippen molar-refractivity contribution in [3.63, 3.8) is 0 Å². The number of carbonyl (C=O) groups is 1. The Labute approximate surface area is 89.7 Å². The minimum atomic E-state index is -0.758. The van der Waals surface area contributed by atoms with E-state index in [0.29, 0.717) is 18.3 Å². The molecule has 1 rings (SSSR count). The molecule has 72 valence electrons. The van der Waals surface area contributed by atoms with E-state index in [-0.39, 0.29) is 5.56 Å². The highest BCUT2D eigenvalue weighted by atomic mass is 79.9. The number of pyridine rings is 1. The average Bonchev–Trinajstić information content (AvgIpc) is 2.21. The summed E-state index contributed by atoms with van der Waals surface area (Å²) in [6, 6.07) is 1.39. The van der Waals surface area contributed by atoms with Gasteiger partial charge in [0.2, 0.25) is 5.95 Å². The summed E-state index contributed by atoms with van der Waals surface area (Å²) >= 11 is 3.23. The van der Waals surface area contributed by atoms with E-state index in [1.54, 1.807) is 0 Å². The molecule has 0 aliphatic heterocycles. The van der Waals surface area contributed by atoms with Crippen molar-refractivity contribution in [1.82, 2.24) is 4.98 Å². The first-order chi connectivity index (χ1) is 6.77. The fraction of sp³-hybridized carbons (Fsp3) is 0.200. The summed E-state index contributed by atoms with van der Waals surface area (Å²) in [5, 5.41) is 0.787. The van der Waals surface area contributed by atoms with Gasteiger partial charge in [-0.3, -0.25) is 4.79 Å². The Morgan fingerprint density at radius 2 is 2.43 bits per heavy atom. The van der Waals surface area contributed by atoms with E-state index in [1.807, 2.05) is 0 Å². The van der Waals surface area contributed by atoms with Gasteiger partial charge in [0.1, 0.15) is 0 Å². The van der Waals surface area contributed by atoms with Crippen LogP contribution in [0.25, 0.3) is 0 Å². The van der Waals surface area contributed by atoms with Crippen LogP contribution in [0.3, 0.4) is 0 Å². The van der Waals surface area contributed by atoms with Gasteiger partial charge in [-0.15, -0.1) is 0 Å². The number of halogens is 2. The van der Waals surface area contributed by atoms with Crippen molar-refractivity contribution in [3.8, 4) is 11.8 Å². The highest BCUT2D eigenvalue weighted by Crippen LogP contribution is 2.03. The molecule has 0 saturated heterocycles. The van der Waals surface area contributed by atoms with Crippen LogP contribution >= 0.6 is 15.9 Å². The number of nitrogens with zero attached hydrogens (tertiary/aromatic N) is 1. The van der Waals surface area contributed by atoms with E-state index in [9.17, 15) is 9.18 Å². The van der Waals surface area contributed by atoms with Crippen molar-refractivity contribution in [2.45, 2.75) is 6.42 Å². The van der Waals surface area contributed by atoms with Crippen molar-refractivity contribution in [3.05, 3.63) is 29.3 Å². The summed E-state index contributed by atoms with van der Waals surface area (Å²) in [6.07, 6.45) is 2.44. The lowest BCUT2D eigenvalue weighted by Gasteiger charge is -1.93. The quantitative estimate of drug-likeness (QED) is 0.351. The molecule has 0 spiro atoms. The molecule has 0 radical (unpaired) electrons. The lowest BCUT2D eigenvalue weighted by atomic mass is 10.2. The molecule has 1 heterocycles. The van der Waals surface area contributed by atoms with Crippen LogP contribution in [-0.2, 0) is 0 Å². The molecule has 0 aromatic carbocycles. The molecule has 0 saturated carbocycles. The van der Waals surface area contributed by atoms with Gasteiger partial charge in [-0.2, -0.15) is 4.39 Å². The Kier molecular flexibility index (Phi) is 4.27. The van der Waals surface area contributed by atoms with E-state index in [2.05, 4.69) is 32.8 Å². The standard InChI is InChI=1S/C10H7BrFNO/c11-4-2-1-3-8-5-9(7-14)10(12)13-6-8/h5-7H,2,4H2. The van der Waals surface area contributed by atoms with Crippen LogP contribution < -0.4 is 0 Å². The van der Waals surface area contributed by atoms with Gasteiger partial charge in [-0.25, -0.2) is 4.98 Å². The number of aldehydes is 1. The fourth-order valence-electron chi connectivity index (χ4n) is 0.828. The number of carbonyl (C=O) groups excluding carboxylic acids is 1. The monoisotopic (exact) mass is 255 g/mol. The van der Waals surface area contributed by atoms with Gasteiger partial charge in [0.05, 0.1) is 5.56 Å². The number of aromatic nitrogens is 1. The van der Waals surface area contributed by atoms with Crippen molar-refractivity contribution in [2.24, 2.45) is 0 Å². The van der Waals surface area contributed by atoms with Crippen LogP contribution in [0, 0.1) is 17.8 Å². The maximum Gasteiger partial charge on any atom is 0.223 e. The van der Waals surface area contributed by atoms with Crippen molar-refractivity contribution < 1.29 is 9.18 Å². The molecule has 4 heteroatoms. The third-order valence-corrected chi connectivity index (χ3v) is 1.84. The smallest absolute Gasteiger partial charge is 0.223 e. The normalized spacial score (nSPS) is 9.00. The van der Waals surface area contributed by atoms with Gasteiger partial charge < -0.3 is 0 Å². The van der Waals surface area contributed by atoms with E-state index in [1.165, 1.54) is 12.3 Å². The Morgan fingerprint density at radius 3 is 3.07 bits per heavy atom. The lowest BCUT2D eigenvalue weighted by molar-refractivity contribution is 0.111. The van der Waals surface area contributed by atoms with Crippen molar-refractivity contribution in [1.29, 1.82) is 0 Å². The lowest BCUT2D eigenvalue weighted by Crippen LogP contribution is -1.92. The van der Waals surface area contributed by atoms with Crippen molar-refractivity contribution >= 4 is 22.2 Å². The maximum absolute atomic E-state index is 12.8. The third kappa shape index (κ3) is 2.93. The Bertz CT molecular complexity index is 395. The number of alkyl halides is 1. The Balaban J connectivity index is 2.91. The molecule has 1 aromatic rings. The highest BCUT2D eigenvalue weighted by molar-refractivity contribution is 9.09. The molecule has 0 atom stereocenters. The average molecular weight is 256 g/mol. The molecule has 0 aliphatic rings.